The van der Waals surface area contributed by atoms with Crippen LogP contribution in [0.3, 0.4) is 0 Å². The lowest BCUT2D eigenvalue weighted by Crippen LogP contribution is -2.53. The largest absolute Gasteiger partial charge is 0.380 e. The second kappa shape index (κ2) is 5.45. The van der Waals surface area contributed by atoms with Crippen LogP contribution in [-0.4, -0.2) is 68.8 Å². The Kier molecular flexibility index (Phi) is 4.19. The van der Waals surface area contributed by atoms with Crippen LogP contribution < -0.4 is 5.73 Å². The van der Waals surface area contributed by atoms with Gasteiger partial charge in [-0.3, -0.25) is 4.90 Å². The van der Waals surface area contributed by atoms with Crippen molar-refractivity contribution < 1.29 is 4.74 Å². The molecule has 2 rings (SSSR count). The Morgan fingerprint density at radius 1 is 1.44 bits per heavy atom. The lowest BCUT2D eigenvalue weighted by Gasteiger charge is -2.37. The molecule has 4 heteroatoms. The molecule has 0 saturated carbocycles. The molecule has 0 aliphatic carbocycles. The molecule has 94 valence electrons. The minimum Gasteiger partial charge on any atom is -0.380 e. The zero-order valence-electron chi connectivity index (χ0n) is 10.6. The summed E-state index contributed by atoms with van der Waals surface area (Å²) in [6, 6.07) is 0.706. The van der Waals surface area contributed by atoms with Crippen molar-refractivity contribution in [2.45, 2.75) is 24.9 Å². The van der Waals surface area contributed by atoms with Crippen LogP contribution in [0, 0.1) is 5.92 Å². The zero-order chi connectivity index (χ0) is 11.5. The molecule has 0 aromatic rings. The van der Waals surface area contributed by atoms with Crippen molar-refractivity contribution in [3.8, 4) is 0 Å². The second-order valence-corrected chi connectivity index (χ2v) is 5.45. The van der Waals surface area contributed by atoms with E-state index in [0.29, 0.717) is 6.04 Å². The Balaban J connectivity index is 1.80. The number of likely N-dealkylation sites (N-methyl/N-ethyl adjacent to an activating group) is 1. The van der Waals surface area contributed by atoms with Gasteiger partial charge in [0.2, 0.25) is 0 Å². The molecule has 2 heterocycles. The quantitative estimate of drug-likeness (QED) is 0.736. The molecule has 2 saturated heterocycles. The van der Waals surface area contributed by atoms with Gasteiger partial charge in [-0.2, -0.15) is 0 Å². The fourth-order valence-electron chi connectivity index (χ4n) is 2.91. The molecular formula is C12H25N3O. The van der Waals surface area contributed by atoms with E-state index >= 15 is 0 Å². The van der Waals surface area contributed by atoms with E-state index < -0.39 is 0 Å². The molecule has 0 aromatic carbocycles. The van der Waals surface area contributed by atoms with Gasteiger partial charge in [0.1, 0.15) is 0 Å². The maximum atomic E-state index is 6.15. The first-order chi connectivity index (χ1) is 7.66. The molecule has 0 aromatic heterocycles. The van der Waals surface area contributed by atoms with E-state index in [0.717, 1.165) is 32.1 Å². The van der Waals surface area contributed by atoms with Gasteiger partial charge in [-0.25, -0.2) is 0 Å². The molecule has 0 spiro atoms. The Hall–Kier alpha value is -0.160. The lowest BCUT2D eigenvalue weighted by molar-refractivity contribution is 0.0110. The number of hydrogen-bond acceptors (Lipinski definition) is 4. The molecule has 2 aliphatic heterocycles. The standard InChI is InChI=1S/C12H25N3O/c1-14-5-3-10(7-14)8-15(2)12-9-16-6-4-11(12)13/h10-12H,3-9,13H2,1-2H3. The molecule has 0 bridgehead atoms. The SMILES string of the molecule is CN1CCC(CN(C)C2COCCC2N)C1. The summed E-state index contributed by atoms with van der Waals surface area (Å²) < 4.78 is 5.53. The first-order valence-corrected chi connectivity index (χ1v) is 6.39. The fourth-order valence-corrected chi connectivity index (χ4v) is 2.91. The maximum Gasteiger partial charge on any atom is 0.0636 e. The lowest BCUT2D eigenvalue weighted by atomic mass is 10.0. The summed E-state index contributed by atoms with van der Waals surface area (Å²) in [4.78, 5) is 4.82. The predicted molar refractivity (Wildman–Crippen MR) is 65.4 cm³/mol. The number of ether oxygens (including phenoxy) is 1. The number of rotatable bonds is 3. The van der Waals surface area contributed by atoms with E-state index in [1.54, 1.807) is 0 Å². The number of nitrogens with zero attached hydrogens (tertiary/aromatic N) is 2. The van der Waals surface area contributed by atoms with Gasteiger partial charge in [-0.15, -0.1) is 0 Å². The highest BCUT2D eigenvalue weighted by atomic mass is 16.5. The first kappa shape index (κ1) is 12.3. The van der Waals surface area contributed by atoms with Gasteiger partial charge in [0.25, 0.3) is 0 Å². The Morgan fingerprint density at radius 2 is 2.25 bits per heavy atom. The molecule has 3 atom stereocenters. The Bertz CT molecular complexity index is 224. The summed E-state index contributed by atoms with van der Waals surface area (Å²) in [5.74, 6) is 0.809. The highest BCUT2D eigenvalue weighted by molar-refractivity contribution is 4.85. The van der Waals surface area contributed by atoms with E-state index in [4.69, 9.17) is 10.5 Å². The molecule has 4 nitrogen and oxygen atoms in total. The van der Waals surface area contributed by atoms with Crippen LogP contribution in [0.25, 0.3) is 0 Å². The molecular weight excluding hydrogens is 202 g/mol. The summed E-state index contributed by atoms with van der Waals surface area (Å²) in [6.07, 6.45) is 2.32. The minimum absolute atomic E-state index is 0.290. The normalized spacial score (nSPS) is 37.1. The van der Waals surface area contributed by atoms with E-state index in [1.165, 1.54) is 19.5 Å². The van der Waals surface area contributed by atoms with Crippen LogP contribution in [0.15, 0.2) is 0 Å². The molecule has 2 N–H and O–H groups in total. The third kappa shape index (κ3) is 2.94. The van der Waals surface area contributed by atoms with Crippen LogP contribution in [-0.2, 0) is 4.74 Å². The minimum atomic E-state index is 0.290. The smallest absolute Gasteiger partial charge is 0.0636 e. The third-order valence-corrected chi connectivity index (χ3v) is 3.98. The van der Waals surface area contributed by atoms with Gasteiger partial charge >= 0.3 is 0 Å². The van der Waals surface area contributed by atoms with Crippen LogP contribution in [0.4, 0.5) is 0 Å². The van der Waals surface area contributed by atoms with Crippen LogP contribution >= 0.6 is 0 Å². The summed E-state index contributed by atoms with van der Waals surface area (Å²) in [6.45, 7) is 5.27. The molecule has 0 amide bonds. The highest BCUT2D eigenvalue weighted by Crippen LogP contribution is 2.18. The monoisotopic (exact) mass is 227 g/mol. The average Bonchev–Trinajstić information content (AvgIpc) is 2.64. The van der Waals surface area contributed by atoms with Gasteiger partial charge in [0, 0.05) is 31.8 Å². The van der Waals surface area contributed by atoms with Gasteiger partial charge in [-0.05, 0) is 39.4 Å². The van der Waals surface area contributed by atoms with E-state index in [9.17, 15) is 0 Å². The van der Waals surface area contributed by atoms with E-state index in [1.807, 2.05) is 0 Å². The third-order valence-electron chi connectivity index (χ3n) is 3.98. The molecule has 0 radical (unpaired) electrons. The van der Waals surface area contributed by atoms with Crippen molar-refractivity contribution in [2.24, 2.45) is 11.7 Å². The van der Waals surface area contributed by atoms with E-state index in [2.05, 4.69) is 23.9 Å². The van der Waals surface area contributed by atoms with Crippen molar-refractivity contribution in [1.82, 2.24) is 9.80 Å². The number of likely N-dealkylation sites (tertiary alicyclic amines) is 1. The van der Waals surface area contributed by atoms with Crippen LogP contribution in [0.5, 0.6) is 0 Å². The molecule has 3 unspecified atom stereocenters. The first-order valence-electron chi connectivity index (χ1n) is 6.39. The average molecular weight is 227 g/mol. The Labute approximate surface area is 98.7 Å². The summed E-state index contributed by atoms with van der Waals surface area (Å²) >= 11 is 0. The van der Waals surface area contributed by atoms with Crippen LogP contribution in [0.1, 0.15) is 12.8 Å². The maximum absolute atomic E-state index is 6.15. The van der Waals surface area contributed by atoms with Crippen molar-refractivity contribution in [3.05, 3.63) is 0 Å². The van der Waals surface area contributed by atoms with Gasteiger partial charge in [0.05, 0.1) is 6.61 Å². The summed E-state index contributed by atoms with van der Waals surface area (Å²) in [7, 11) is 4.40. The Morgan fingerprint density at radius 3 is 2.88 bits per heavy atom. The topological polar surface area (TPSA) is 41.7 Å². The van der Waals surface area contributed by atoms with Crippen LogP contribution in [0.2, 0.25) is 0 Å². The van der Waals surface area contributed by atoms with Gasteiger partial charge in [0.15, 0.2) is 0 Å². The van der Waals surface area contributed by atoms with Crippen molar-refractivity contribution in [1.29, 1.82) is 0 Å². The summed E-state index contributed by atoms with van der Waals surface area (Å²) in [5, 5.41) is 0. The number of hydrogen-bond donors (Lipinski definition) is 1. The van der Waals surface area contributed by atoms with Crippen molar-refractivity contribution in [2.75, 3.05) is 46.9 Å². The fraction of sp³-hybridized carbons (Fsp3) is 1.00. The zero-order valence-corrected chi connectivity index (χ0v) is 10.6. The van der Waals surface area contributed by atoms with Gasteiger partial charge in [-0.1, -0.05) is 0 Å². The van der Waals surface area contributed by atoms with Crippen molar-refractivity contribution >= 4 is 0 Å². The van der Waals surface area contributed by atoms with E-state index in [-0.39, 0.29) is 6.04 Å². The second-order valence-electron chi connectivity index (χ2n) is 5.45. The molecule has 2 fully saturated rings. The van der Waals surface area contributed by atoms with Gasteiger partial charge < -0.3 is 15.4 Å². The number of nitrogens with two attached hydrogens (primary N) is 1. The highest BCUT2D eigenvalue weighted by Gasteiger charge is 2.29. The predicted octanol–water partition coefficient (Wildman–Crippen LogP) is -0.0139. The summed E-state index contributed by atoms with van der Waals surface area (Å²) in [5.41, 5.74) is 6.15. The van der Waals surface area contributed by atoms with Crippen molar-refractivity contribution in [3.63, 3.8) is 0 Å². The molecule has 2 aliphatic rings. The molecule has 16 heavy (non-hydrogen) atoms.